The molecule has 88 valence electrons. The molecule has 0 saturated heterocycles. The van der Waals surface area contributed by atoms with Crippen molar-refractivity contribution in [3.63, 3.8) is 0 Å². The number of aromatic hydroxyl groups is 1. The van der Waals surface area contributed by atoms with Gasteiger partial charge in [-0.05, 0) is 0 Å². The lowest BCUT2D eigenvalue weighted by atomic mass is 10.2. The first-order valence-corrected chi connectivity index (χ1v) is 4.35. The number of halogens is 3. The summed E-state index contributed by atoms with van der Waals surface area (Å²) in [4.78, 5) is 24.2. The Bertz CT molecular complexity index is 739. The number of rotatable bonds is 0. The first-order chi connectivity index (χ1) is 7.91. The molecule has 0 aliphatic rings. The lowest BCUT2D eigenvalue weighted by molar-refractivity contribution is 0.467. The van der Waals surface area contributed by atoms with Crippen LogP contribution in [0.3, 0.4) is 0 Å². The molecule has 1 aromatic carbocycles. The van der Waals surface area contributed by atoms with E-state index in [1.165, 1.54) is 0 Å². The van der Waals surface area contributed by atoms with E-state index in [4.69, 9.17) is 5.11 Å². The number of hydrogen-bond donors (Lipinski definition) is 2. The molecule has 4 nitrogen and oxygen atoms in total. The Kier molecular flexibility index (Phi) is 2.38. The molecule has 0 radical (unpaired) electrons. The number of benzene rings is 1. The third-order valence-electron chi connectivity index (χ3n) is 2.16. The first kappa shape index (κ1) is 11.2. The molecule has 0 atom stereocenters. The van der Waals surface area contributed by atoms with Crippen molar-refractivity contribution in [1.82, 2.24) is 4.98 Å². The summed E-state index contributed by atoms with van der Waals surface area (Å²) in [6, 6.07) is 0.621. The van der Waals surface area contributed by atoms with Crippen molar-refractivity contribution in [2.45, 2.75) is 0 Å². The van der Waals surface area contributed by atoms with Crippen LogP contribution < -0.4 is 11.0 Å². The zero-order valence-electron chi connectivity index (χ0n) is 8.05. The monoisotopic (exact) mass is 243 g/mol. The molecule has 2 aromatic rings. The molecule has 2 N–H and O–H groups in total. The van der Waals surface area contributed by atoms with Crippen LogP contribution in [0.2, 0.25) is 0 Å². The summed E-state index contributed by atoms with van der Waals surface area (Å²) >= 11 is 0. The van der Waals surface area contributed by atoms with Crippen LogP contribution in [-0.2, 0) is 0 Å². The maximum atomic E-state index is 13.3. The summed E-state index contributed by atoms with van der Waals surface area (Å²) in [7, 11) is 0. The molecule has 1 heterocycles. The van der Waals surface area contributed by atoms with Crippen molar-refractivity contribution in [2.75, 3.05) is 0 Å². The summed E-state index contributed by atoms with van der Waals surface area (Å²) < 4.78 is 39.5. The van der Waals surface area contributed by atoms with Gasteiger partial charge in [-0.3, -0.25) is 9.59 Å². The van der Waals surface area contributed by atoms with Crippen LogP contribution >= 0.6 is 0 Å². The van der Waals surface area contributed by atoms with Crippen LogP contribution in [0.5, 0.6) is 5.75 Å². The predicted molar refractivity (Wildman–Crippen MR) is 52.4 cm³/mol. The van der Waals surface area contributed by atoms with Gasteiger partial charge in [-0.2, -0.15) is 0 Å². The highest BCUT2D eigenvalue weighted by Gasteiger charge is 2.15. The molecular weight excluding hydrogens is 239 g/mol. The van der Waals surface area contributed by atoms with Crippen molar-refractivity contribution >= 4 is 10.9 Å². The van der Waals surface area contributed by atoms with E-state index in [9.17, 15) is 22.8 Å². The highest BCUT2D eigenvalue weighted by Crippen LogP contribution is 2.18. The topological polar surface area (TPSA) is 70.2 Å². The summed E-state index contributed by atoms with van der Waals surface area (Å²) in [6.45, 7) is 0. The Morgan fingerprint density at radius 2 is 1.71 bits per heavy atom. The van der Waals surface area contributed by atoms with Crippen molar-refractivity contribution in [1.29, 1.82) is 0 Å². The smallest absolute Gasteiger partial charge is 0.290 e. The van der Waals surface area contributed by atoms with E-state index in [1.807, 2.05) is 0 Å². The minimum Gasteiger partial charge on any atom is -0.503 e. The van der Waals surface area contributed by atoms with Gasteiger partial charge in [0.15, 0.2) is 22.8 Å². The molecule has 1 aromatic heterocycles. The van der Waals surface area contributed by atoms with E-state index in [1.54, 1.807) is 4.98 Å². The molecule has 0 bridgehead atoms. The van der Waals surface area contributed by atoms with Gasteiger partial charge in [0.2, 0.25) is 0 Å². The third kappa shape index (κ3) is 1.65. The Labute approximate surface area is 91.0 Å². The number of H-pyrrole nitrogens is 1. The van der Waals surface area contributed by atoms with Crippen LogP contribution in [0.4, 0.5) is 13.2 Å². The standard InChI is InChI=1S/C10H4F3NO3/c11-3-1-4(12)8(13)9-7(3)5(15)2-6(16)10(17)14-9/h1-2,16H,(H,14,17). The van der Waals surface area contributed by atoms with Crippen molar-refractivity contribution in [3.05, 3.63) is 50.2 Å². The van der Waals surface area contributed by atoms with Crippen LogP contribution in [0.15, 0.2) is 21.7 Å². The molecule has 7 heteroatoms. The van der Waals surface area contributed by atoms with E-state index >= 15 is 0 Å². The average molecular weight is 243 g/mol. The quantitative estimate of drug-likeness (QED) is 0.678. The fraction of sp³-hybridized carbons (Fsp3) is 0. The Morgan fingerprint density at radius 3 is 2.35 bits per heavy atom. The van der Waals surface area contributed by atoms with Gasteiger partial charge >= 0.3 is 0 Å². The van der Waals surface area contributed by atoms with Crippen LogP contribution in [-0.4, -0.2) is 10.1 Å². The molecule has 0 fully saturated rings. The Balaban J connectivity index is 3.24. The molecule has 0 spiro atoms. The highest BCUT2D eigenvalue weighted by molar-refractivity contribution is 5.79. The van der Waals surface area contributed by atoms with Gasteiger partial charge in [-0.25, -0.2) is 13.2 Å². The first-order valence-electron chi connectivity index (χ1n) is 4.35. The molecular formula is C10H4F3NO3. The van der Waals surface area contributed by atoms with Crippen LogP contribution in [0, 0.1) is 17.5 Å². The van der Waals surface area contributed by atoms with Gasteiger partial charge in [0.05, 0.1) is 10.9 Å². The van der Waals surface area contributed by atoms with Crippen molar-refractivity contribution in [3.8, 4) is 5.75 Å². The molecule has 0 saturated carbocycles. The maximum absolute atomic E-state index is 13.3. The van der Waals surface area contributed by atoms with E-state index in [0.29, 0.717) is 6.07 Å². The van der Waals surface area contributed by atoms with Gasteiger partial charge in [0.1, 0.15) is 5.82 Å². The molecule has 2 rings (SSSR count). The molecule has 0 amide bonds. The van der Waals surface area contributed by atoms with Crippen LogP contribution in [0.25, 0.3) is 10.9 Å². The second-order valence-corrected chi connectivity index (χ2v) is 3.25. The molecule has 0 aliphatic carbocycles. The zero-order chi connectivity index (χ0) is 12.7. The lowest BCUT2D eigenvalue weighted by Gasteiger charge is -1.97. The second-order valence-electron chi connectivity index (χ2n) is 3.25. The Hall–Kier alpha value is -2.31. The predicted octanol–water partition coefficient (Wildman–Crippen LogP) is 1.01. The highest BCUT2D eigenvalue weighted by atomic mass is 19.2. The number of nitrogens with one attached hydrogen (secondary N) is 1. The molecule has 0 aliphatic heterocycles. The minimum atomic E-state index is -1.56. The minimum absolute atomic E-state index is 0.189. The molecule has 17 heavy (non-hydrogen) atoms. The van der Waals surface area contributed by atoms with Crippen molar-refractivity contribution < 1.29 is 18.3 Å². The zero-order valence-corrected chi connectivity index (χ0v) is 8.05. The normalized spacial score (nSPS) is 10.8. The van der Waals surface area contributed by atoms with Crippen LogP contribution in [0.1, 0.15) is 0 Å². The van der Waals surface area contributed by atoms with E-state index in [-0.39, 0.29) is 6.07 Å². The van der Waals surface area contributed by atoms with Gasteiger partial charge in [0.25, 0.3) is 5.56 Å². The summed E-state index contributed by atoms with van der Waals surface area (Å²) in [5, 5.41) is 8.21. The van der Waals surface area contributed by atoms with Gasteiger partial charge in [0, 0.05) is 12.1 Å². The van der Waals surface area contributed by atoms with Gasteiger partial charge in [-0.15, -0.1) is 0 Å². The van der Waals surface area contributed by atoms with E-state index < -0.39 is 45.1 Å². The fourth-order valence-corrected chi connectivity index (χ4v) is 1.39. The van der Waals surface area contributed by atoms with Gasteiger partial charge in [-0.1, -0.05) is 0 Å². The van der Waals surface area contributed by atoms with E-state index in [0.717, 1.165) is 0 Å². The lowest BCUT2D eigenvalue weighted by Crippen LogP contribution is -2.03. The Morgan fingerprint density at radius 1 is 1.06 bits per heavy atom. The van der Waals surface area contributed by atoms with Gasteiger partial charge < -0.3 is 10.1 Å². The number of fused-ring (bicyclic) bond motifs is 1. The largest absolute Gasteiger partial charge is 0.503 e. The molecule has 0 unspecified atom stereocenters. The number of aromatic nitrogens is 1. The number of aromatic amines is 1. The van der Waals surface area contributed by atoms with E-state index in [2.05, 4.69) is 0 Å². The number of hydrogen-bond acceptors (Lipinski definition) is 3. The average Bonchev–Trinajstić information content (AvgIpc) is 2.34. The summed E-state index contributed by atoms with van der Waals surface area (Å²) in [6.07, 6.45) is 0. The fourth-order valence-electron chi connectivity index (χ4n) is 1.39. The summed E-state index contributed by atoms with van der Waals surface area (Å²) in [5.74, 6) is -5.44. The maximum Gasteiger partial charge on any atom is 0.290 e. The SMILES string of the molecule is O=c1[nH]c2c(F)c(F)cc(F)c2c(=O)cc1O. The summed E-state index contributed by atoms with van der Waals surface area (Å²) in [5.41, 5.74) is -3.27. The van der Waals surface area contributed by atoms with Crippen molar-refractivity contribution in [2.24, 2.45) is 0 Å². The third-order valence-corrected chi connectivity index (χ3v) is 2.16. The second kappa shape index (κ2) is 3.62.